The van der Waals surface area contributed by atoms with E-state index in [-0.39, 0.29) is 24.2 Å². The topological polar surface area (TPSA) is 44.5 Å². The van der Waals surface area contributed by atoms with Gasteiger partial charge in [0.15, 0.2) is 11.6 Å². The second kappa shape index (κ2) is 7.09. The van der Waals surface area contributed by atoms with Gasteiger partial charge in [-0.05, 0) is 42.7 Å². The smallest absolute Gasteiger partial charge is 0.165 e. The standard InChI is InChI=1S/C17H20FNO2/c1-12(19)9-14-6-4-8-16(18)17(14)21-11-13-5-3-7-15(10-13)20-2/h3-8,10,12H,9,11,19H2,1-2H3. The first-order valence-corrected chi connectivity index (χ1v) is 6.89. The van der Waals surface area contributed by atoms with E-state index >= 15 is 0 Å². The number of hydrogen-bond donors (Lipinski definition) is 1. The Morgan fingerprint density at radius 2 is 1.95 bits per heavy atom. The average molecular weight is 289 g/mol. The Hall–Kier alpha value is -2.07. The van der Waals surface area contributed by atoms with E-state index in [1.807, 2.05) is 37.3 Å². The lowest BCUT2D eigenvalue weighted by Gasteiger charge is -2.14. The number of nitrogens with two attached hydrogens (primary N) is 1. The van der Waals surface area contributed by atoms with Crippen molar-refractivity contribution in [3.05, 3.63) is 59.4 Å². The van der Waals surface area contributed by atoms with Crippen LogP contribution in [-0.2, 0) is 13.0 Å². The van der Waals surface area contributed by atoms with Gasteiger partial charge in [-0.2, -0.15) is 0 Å². The molecule has 2 rings (SSSR count). The van der Waals surface area contributed by atoms with Gasteiger partial charge >= 0.3 is 0 Å². The molecule has 0 saturated carbocycles. The van der Waals surface area contributed by atoms with Crippen LogP contribution < -0.4 is 15.2 Å². The quantitative estimate of drug-likeness (QED) is 0.887. The summed E-state index contributed by atoms with van der Waals surface area (Å²) in [5.74, 6) is 0.661. The fourth-order valence-corrected chi connectivity index (χ4v) is 2.14. The summed E-state index contributed by atoms with van der Waals surface area (Å²) in [5, 5.41) is 0. The molecule has 0 amide bonds. The van der Waals surface area contributed by atoms with Crippen LogP contribution in [0, 0.1) is 5.82 Å². The van der Waals surface area contributed by atoms with Crippen molar-refractivity contribution in [1.82, 2.24) is 0 Å². The number of rotatable bonds is 6. The first kappa shape index (κ1) is 15.3. The van der Waals surface area contributed by atoms with Crippen LogP contribution >= 0.6 is 0 Å². The van der Waals surface area contributed by atoms with Crippen LogP contribution in [0.25, 0.3) is 0 Å². The predicted molar refractivity (Wildman–Crippen MR) is 81.1 cm³/mol. The van der Waals surface area contributed by atoms with Crippen molar-refractivity contribution >= 4 is 0 Å². The van der Waals surface area contributed by atoms with Crippen LogP contribution in [0.4, 0.5) is 4.39 Å². The Morgan fingerprint density at radius 1 is 1.19 bits per heavy atom. The summed E-state index contributed by atoms with van der Waals surface area (Å²) >= 11 is 0. The van der Waals surface area contributed by atoms with Crippen LogP contribution in [0.3, 0.4) is 0 Å². The summed E-state index contributed by atoms with van der Waals surface area (Å²) in [6.07, 6.45) is 0.575. The zero-order valence-corrected chi connectivity index (χ0v) is 12.3. The highest BCUT2D eigenvalue weighted by Gasteiger charge is 2.11. The van der Waals surface area contributed by atoms with Gasteiger partial charge in [0.2, 0.25) is 0 Å². The van der Waals surface area contributed by atoms with Gasteiger partial charge in [-0.25, -0.2) is 4.39 Å². The fraction of sp³-hybridized carbons (Fsp3) is 0.294. The second-order valence-corrected chi connectivity index (χ2v) is 5.05. The minimum absolute atomic E-state index is 0.0500. The van der Waals surface area contributed by atoms with Crippen molar-refractivity contribution < 1.29 is 13.9 Å². The van der Waals surface area contributed by atoms with Crippen molar-refractivity contribution in [2.24, 2.45) is 5.73 Å². The van der Waals surface area contributed by atoms with Crippen molar-refractivity contribution in [1.29, 1.82) is 0 Å². The number of methoxy groups -OCH3 is 1. The van der Waals surface area contributed by atoms with E-state index < -0.39 is 0 Å². The van der Waals surface area contributed by atoms with E-state index in [1.165, 1.54) is 6.07 Å². The van der Waals surface area contributed by atoms with Gasteiger partial charge in [0.05, 0.1) is 7.11 Å². The molecular formula is C17H20FNO2. The molecule has 0 heterocycles. The van der Waals surface area contributed by atoms with E-state index in [4.69, 9.17) is 15.2 Å². The maximum Gasteiger partial charge on any atom is 0.165 e. The van der Waals surface area contributed by atoms with Gasteiger partial charge in [-0.15, -0.1) is 0 Å². The molecule has 2 N–H and O–H groups in total. The van der Waals surface area contributed by atoms with Crippen molar-refractivity contribution in [3.63, 3.8) is 0 Å². The summed E-state index contributed by atoms with van der Waals surface area (Å²) in [6, 6.07) is 12.4. The highest BCUT2D eigenvalue weighted by molar-refractivity contribution is 5.36. The third-order valence-electron chi connectivity index (χ3n) is 3.11. The molecule has 0 bridgehead atoms. The molecular weight excluding hydrogens is 269 g/mol. The Morgan fingerprint density at radius 3 is 2.67 bits per heavy atom. The molecule has 0 saturated heterocycles. The van der Waals surface area contributed by atoms with Crippen LogP contribution in [-0.4, -0.2) is 13.2 Å². The third-order valence-corrected chi connectivity index (χ3v) is 3.11. The highest BCUT2D eigenvalue weighted by atomic mass is 19.1. The predicted octanol–water partition coefficient (Wildman–Crippen LogP) is 3.30. The lowest BCUT2D eigenvalue weighted by molar-refractivity contribution is 0.285. The molecule has 0 fully saturated rings. The number of ether oxygens (including phenoxy) is 2. The summed E-state index contributed by atoms with van der Waals surface area (Å²) in [7, 11) is 1.61. The Kier molecular flexibility index (Phi) is 5.17. The maximum atomic E-state index is 14.0. The van der Waals surface area contributed by atoms with Crippen LogP contribution in [0.15, 0.2) is 42.5 Å². The number of halogens is 1. The van der Waals surface area contributed by atoms with Crippen molar-refractivity contribution in [2.45, 2.75) is 26.0 Å². The van der Waals surface area contributed by atoms with Crippen LogP contribution in [0.5, 0.6) is 11.5 Å². The highest BCUT2D eigenvalue weighted by Crippen LogP contribution is 2.25. The molecule has 1 atom stereocenters. The molecule has 2 aromatic rings. The number of para-hydroxylation sites is 1. The molecule has 4 heteroatoms. The molecule has 112 valence electrons. The molecule has 0 aliphatic heterocycles. The maximum absolute atomic E-state index is 14.0. The van der Waals surface area contributed by atoms with Crippen LogP contribution in [0.1, 0.15) is 18.1 Å². The van der Waals surface area contributed by atoms with Gasteiger partial charge in [-0.3, -0.25) is 0 Å². The molecule has 1 unspecified atom stereocenters. The van der Waals surface area contributed by atoms with Gasteiger partial charge < -0.3 is 15.2 Å². The first-order chi connectivity index (χ1) is 10.1. The van der Waals surface area contributed by atoms with Gasteiger partial charge in [0.1, 0.15) is 12.4 Å². The zero-order chi connectivity index (χ0) is 15.2. The summed E-state index contributed by atoms with van der Waals surface area (Å²) < 4.78 is 24.8. The summed E-state index contributed by atoms with van der Waals surface area (Å²) in [4.78, 5) is 0. The molecule has 0 aromatic heterocycles. The second-order valence-electron chi connectivity index (χ2n) is 5.05. The molecule has 21 heavy (non-hydrogen) atoms. The molecule has 0 radical (unpaired) electrons. The fourth-order valence-electron chi connectivity index (χ4n) is 2.14. The van der Waals surface area contributed by atoms with E-state index in [0.29, 0.717) is 6.42 Å². The van der Waals surface area contributed by atoms with Crippen LogP contribution in [0.2, 0.25) is 0 Å². The van der Waals surface area contributed by atoms with E-state index in [1.54, 1.807) is 13.2 Å². The number of hydrogen-bond acceptors (Lipinski definition) is 3. The van der Waals surface area contributed by atoms with E-state index in [0.717, 1.165) is 16.9 Å². The Labute approximate surface area is 124 Å². The Balaban J connectivity index is 2.15. The normalized spacial score (nSPS) is 12.0. The average Bonchev–Trinajstić information content (AvgIpc) is 2.46. The molecule has 0 aliphatic carbocycles. The summed E-state index contributed by atoms with van der Waals surface area (Å²) in [5.41, 5.74) is 7.50. The first-order valence-electron chi connectivity index (χ1n) is 6.89. The molecule has 0 spiro atoms. The van der Waals surface area contributed by atoms with Gasteiger partial charge in [-0.1, -0.05) is 24.3 Å². The molecule has 3 nitrogen and oxygen atoms in total. The monoisotopic (exact) mass is 289 g/mol. The SMILES string of the molecule is COc1cccc(COc2c(F)cccc2CC(C)N)c1. The van der Waals surface area contributed by atoms with Gasteiger partial charge in [0, 0.05) is 6.04 Å². The van der Waals surface area contributed by atoms with Gasteiger partial charge in [0.25, 0.3) is 0 Å². The Bertz CT molecular complexity index is 599. The third kappa shape index (κ3) is 4.20. The minimum Gasteiger partial charge on any atom is -0.497 e. The van der Waals surface area contributed by atoms with E-state index in [9.17, 15) is 4.39 Å². The van der Waals surface area contributed by atoms with Crippen molar-refractivity contribution in [3.8, 4) is 11.5 Å². The van der Waals surface area contributed by atoms with Crippen molar-refractivity contribution in [2.75, 3.05) is 7.11 Å². The summed E-state index contributed by atoms with van der Waals surface area (Å²) in [6.45, 7) is 2.17. The van der Waals surface area contributed by atoms with E-state index in [2.05, 4.69) is 0 Å². The lowest BCUT2D eigenvalue weighted by Crippen LogP contribution is -2.18. The number of benzene rings is 2. The largest absolute Gasteiger partial charge is 0.497 e. The lowest BCUT2D eigenvalue weighted by atomic mass is 10.1. The minimum atomic E-state index is -0.365. The molecule has 0 aliphatic rings. The molecule has 2 aromatic carbocycles. The zero-order valence-electron chi connectivity index (χ0n) is 12.3.